The fourth-order valence-electron chi connectivity index (χ4n) is 2.54. The van der Waals surface area contributed by atoms with Crippen LogP contribution in [0.2, 0.25) is 0 Å². The lowest BCUT2D eigenvalue weighted by molar-refractivity contribution is -0.385. The molecule has 0 spiro atoms. The number of para-hydroxylation sites is 1. The third kappa shape index (κ3) is 2.97. The Balaban J connectivity index is 2.31. The number of nitrogens with zero attached hydrogens (tertiary/aromatic N) is 2. The van der Waals surface area contributed by atoms with Gasteiger partial charge in [0.15, 0.2) is 0 Å². The summed E-state index contributed by atoms with van der Waals surface area (Å²) < 4.78 is 5.06. The summed E-state index contributed by atoms with van der Waals surface area (Å²) in [4.78, 5) is 24.6. The van der Waals surface area contributed by atoms with E-state index >= 15 is 0 Å². The molecule has 1 saturated heterocycles. The van der Waals surface area contributed by atoms with Crippen molar-refractivity contribution < 1.29 is 19.6 Å². The number of carbonyl (C=O) groups excluding carboxylic acids is 1. The van der Waals surface area contributed by atoms with Crippen molar-refractivity contribution in [1.29, 1.82) is 0 Å². The number of aliphatic hydroxyl groups excluding tert-OH is 1. The average Bonchev–Trinajstić information content (AvgIpc) is 2.48. The molecule has 0 saturated carbocycles. The molecular weight excluding hydrogens is 276 g/mol. The second-order valence-corrected chi connectivity index (χ2v) is 5.20. The van der Waals surface area contributed by atoms with E-state index in [0.29, 0.717) is 19.5 Å². The summed E-state index contributed by atoms with van der Waals surface area (Å²) in [5.74, 6) is -0.354. The first-order valence-electron chi connectivity index (χ1n) is 6.74. The van der Waals surface area contributed by atoms with Gasteiger partial charge in [-0.1, -0.05) is 13.0 Å². The molecule has 21 heavy (non-hydrogen) atoms. The highest BCUT2D eigenvalue weighted by Gasteiger charge is 2.31. The molecule has 1 amide bonds. The van der Waals surface area contributed by atoms with Crippen LogP contribution in [0.25, 0.3) is 0 Å². The van der Waals surface area contributed by atoms with Crippen molar-refractivity contribution in [3.63, 3.8) is 0 Å². The topological polar surface area (TPSA) is 92.9 Å². The third-order valence-corrected chi connectivity index (χ3v) is 3.77. The lowest BCUT2D eigenvalue weighted by atomic mass is 9.96. The molecule has 1 aliphatic rings. The number of hydrogen-bond acceptors (Lipinski definition) is 5. The summed E-state index contributed by atoms with van der Waals surface area (Å²) in [6.07, 6.45) is 0.0884. The highest BCUT2D eigenvalue weighted by atomic mass is 16.6. The summed E-state index contributed by atoms with van der Waals surface area (Å²) in [5.41, 5.74) is -0.0521. The number of amides is 1. The molecule has 1 N–H and O–H groups in total. The monoisotopic (exact) mass is 294 g/mol. The highest BCUT2D eigenvalue weighted by Crippen LogP contribution is 2.32. The van der Waals surface area contributed by atoms with Gasteiger partial charge in [0, 0.05) is 19.2 Å². The van der Waals surface area contributed by atoms with Crippen LogP contribution in [0.3, 0.4) is 0 Å². The van der Waals surface area contributed by atoms with Crippen LogP contribution in [-0.4, -0.2) is 47.1 Å². The van der Waals surface area contributed by atoms with Gasteiger partial charge in [-0.05, 0) is 18.4 Å². The lowest BCUT2D eigenvalue weighted by Gasteiger charge is -2.34. The maximum Gasteiger partial charge on any atom is 0.311 e. The molecule has 0 bridgehead atoms. The quantitative estimate of drug-likeness (QED) is 0.672. The Kier molecular flexibility index (Phi) is 4.42. The molecular formula is C14H18N2O5. The largest absolute Gasteiger partial charge is 0.490 e. The van der Waals surface area contributed by atoms with Crippen LogP contribution in [0.1, 0.15) is 23.7 Å². The second kappa shape index (κ2) is 6.09. The summed E-state index contributed by atoms with van der Waals surface area (Å²) in [5, 5.41) is 20.7. The minimum atomic E-state index is -0.571. The zero-order chi connectivity index (χ0) is 15.6. The summed E-state index contributed by atoms with van der Waals surface area (Å²) in [7, 11) is 1.31. The molecule has 7 heteroatoms. The molecule has 0 aliphatic carbocycles. The molecule has 0 aromatic heterocycles. The first kappa shape index (κ1) is 15.2. The molecule has 2 rings (SSSR count). The molecule has 1 aromatic rings. The first-order valence-corrected chi connectivity index (χ1v) is 6.74. The van der Waals surface area contributed by atoms with Gasteiger partial charge in [0.2, 0.25) is 5.75 Å². The van der Waals surface area contributed by atoms with Gasteiger partial charge >= 0.3 is 5.69 Å². The van der Waals surface area contributed by atoms with Crippen molar-refractivity contribution in [2.24, 2.45) is 5.92 Å². The Morgan fingerprint density at radius 3 is 2.81 bits per heavy atom. The Morgan fingerprint density at radius 2 is 2.24 bits per heavy atom. The van der Waals surface area contributed by atoms with Crippen molar-refractivity contribution in [2.45, 2.75) is 19.4 Å². The number of hydrogen-bond donors (Lipinski definition) is 1. The van der Waals surface area contributed by atoms with Gasteiger partial charge in [-0.3, -0.25) is 14.9 Å². The van der Waals surface area contributed by atoms with Gasteiger partial charge in [-0.15, -0.1) is 0 Å². The molecule has 2 unspecified atom stereocenters. The van der Waals surface area contributed by atoms with Crippen LogP contribution in [0.4, 0.5) is 5.69 Å². The van der Waals surface area contributed by atoms with E-state index in [1.807, 2.05) is 6.92 Å². The fourth-order valence-corrected chi connectivity index (χ4v) is 2.54. The smallest absolute Gasteiger partial charge is 0.311 e. The summed E-state index contributed by atoms with van der Waals surface area (Å²) in [6, 6.07) is 4.29. The van der Waals surface area contributed by atoms with Crippen LogP contribution in [-0.2, 0) is 0 Å². The number of aliphatic hydroxyl groups is 1. The summed E-state index contributed by atoms with van der Waals surface area (Å²) in [6.45, 7) is 2.72. The Bertz CT molecular complexity index is 560. The maximum atomic E-state index is 12.5. The number of methoxy groups -OCH3 is 1. The zero-order valence-corrected chi connectivity index (χ0v) is 12.0. The molecule has 0 radical (unpaired) electrons. The molecule has 1 aromatic carbocycles. The number of piperidine rings is 1. The van der Waals surface area contributed by atoms with Crippen molar-refractivity contribution in [1.82, 2.24) is 4.90 Å². The number of benzene rings is 1. The van der Waals surface area contributed by atoms with Crippen molar-refractivity contribution in [2.75, 3.05) is 20.2 Å². The molecule has 1 aliphatic heterocycles. The van der Waals surface area contributed by atoms with E-state index in [1.54, 1.807) is 4.90 Å². The molecule has 7 nitrogen and oxygen atoms in total. The number of ether oxygens (including phenoxy) is 1. The third-order valence-electron chi connectivity index (χ3n) is 3.77. The molecule has 114 valence electrons. The number of rotatable bonds is 3. The van der Waals surface area contributed by atoms with E-state index in [0.717, 1.165) is 0 Å². The Hall–Kier alpha value is -2.15. The van der Waals surface area contributed by atoms with Gasteiger partial charge in [0.25, 0.3) is 5.91 Å². The lowest BCUT2D eigenvalue weighted by Crippen LogP contribution is -2.45. The molecule has 1 fully saturated rings. The molecule has 2 atom stereocenters. The van der Waals surface area contributed by atoms with E-state index in [1.165, 1.54) is 25.3 Å². The van der Waals surface area contributed by atoms with E-state index in [-0.39, 0.29) is 28.8 Å². The Labute approximate surface area is 122 Å². The standard InChI is InChI=1S/C14H18N2O5/c1-9-8-15(7-6-12(9)17)14(18)10-4-3-5-11(16(19)20)13(10)21-2/h3-5,9,12,17H,6-8H2,1-2H3. The average molecular weight is 294 g/mol. The Morgan fingerprint density at radius 1 is 1.52 bits per heavy atom. The minimum Gasteiger partial charge on any atom is -0.490 e. The van der Waals surface area contributed by atoms with E-state index in [9.17, 15) is 20.0 Å². The predicted octanol–water partition coefficient (Wildman–Crippen LogP) is 1.45. The number of likely N-dealkylation sites (tertiary alicyclic amines) is 1. The van der Waals surface area contributed by atoms with Crippen molar-refractivity contribution in [3.8, 4) is 5.75 Å². The van der Waals surface area contributed by atoms with Crippen molar-refractivity contribution >= 4 is 11.6 Å². The van der Waals surface area contributed by atoms with E-state index < -0.39 is 11.0 Å². The van der Waals surface area contributed by atoms with Crippen LogP contribution >= 0.6 is 0 Å². The minimum absolute atomic E-state index is 0.0209. The summed E-state index contributed by atoms with van der Waals surface area (Å²) >= 11 is 0. The normalized spacial score (nSPS) is 22.0. The van der Waals surface area contributed by atoms with Gasteiger partial charge < -0.3 is 14.7 Å². The van der Waals surface area contributed by atoms with Crippen LogP contribution in [0.5, 0.6) is 5.75 Å². The van der Waals surface area contributed by atoms with Gasteiger partial charge in [-0.25, -0.2) is 0 Å². The second-order valence-electron chi connectivity index (χ2n) is 5.20. The van der Waals surface area contributed by atoms with Crippen LogP contribution < -0.4 is 4.74 Å². The predicted molar refractivity (Wildman–Crippen MR) is 75.3 cm³/mol. The highest BCUT2D eigenvalue weighted by molar-refractivity contribution is 5.98. The number of nitro benzene ring substituents is 1. The van der Waals surface area contributed by atoms with Crippen molar-refractivity contribution in [3.05, 3.63) is 33.9 Å². The SMILES string of the molecule is COc1c(C(=O)N2CCC(O)C(C)C2)cccc1[N+](=O)[O-]. The van der Waals surface area contributed by atoms with Gasteiger partial charge in [0.05, 0.1) is 23.7 Å². The van der Waals surface area contributed by atoms with E-state index in [4.69, 9.17) is 4.74 Å². The molecule has 1 heterocycles. The zero-order valence-electron chi connectivity index (χ0n) is 12.0. The maximum absolute atomic E-state index is 12.5. The van der Waals surface area contributed by atoms with Gasteiger partial charge in [0.1, 0.15) is 0 Å². The van der Waals surface area contributed by atoms with E-state index in [2.05, 4.69) is 0 Å². The number of carbonyl (C=O) groups is 1. The van der Waals surface area contributed by atoms with Crippen LogP contribution in [0, 0.1) is 16.0 Å². The fraction of sp³-hybridized carbons (Fsp3) is 0.500. The first-order chi connectivity index (χ1) is 9.95. The van der Waals surface area contributed by atoms with Crippen LogP contribution in [0.15, 0.2) is 18.2 Å². The van der Waals surface area contributed by atoms with Gasteiger partial charge in [-0.2, -0.15) is 0 Å². The number of nitro groups is 1.